The smallest absolute Gasteiger partial charge is 0.303 e. The largest absolute Gasteiger partial charge is 0.470 e. The lowest BCUT2D eigenvalue weighted by molar-refractivity contribution is -0.127. The maximum atomic E-state index is 12.4. The highest BCUT2D eigenvalue weighted by molar-refractivity contribution is 7.46. The molecule has 0 aliphatic rings. The maximum Gasteiger partial charge on any atom is 0.470 e. The van der Waals surface area contributed by atoms with E-state index in [4.69, 9.17) is 19.6 Å². The van der Waals surface area contributed by atoms with Crippen LogP contribution in [0.4, 0.5) is 0 Å². The van der Waals surface area contributed by atoms with Gasteiger partial charge in [-0.05, 0) is 42.9 Å². The molecule has 0 fully saturated rings. The summed E-state index contributed by atoms with van der Waals surface area (Å²) in [6, 6.07) is 0. The summed E-state index contributed by atoms with van der Waals surface area (Å²) in [5.41, 5.74) is -0.631. The fourth-order valence-electron chi connectivity index (χ4n) is 2.85. The third-order valence-corrected chi connectivity index (χ3v) is 5.59. The van der Waals surface area contributed by atoms with Gasteiger partial charge in [-0.25, -0.2) is 9.13 Å². The van der Waals surface area contributed by atoms with E-state index in [1.807, 2.05) is 0 Å². The van der Waals surface area contributed by atoms with E-state index >= 15 is 0 Å². The summed E-state index contributed by atoms with van der Waals surface area (Å²) in [4.78, 5) is 60.3. The molecule has 184 valence electrons. The van der Waals surface area contributed by atoms with Crippen molar-refractivity contribution in [1.29, 1.82) is 0 Å². The quantitative estimate of drug-likeness (QED) is 0.234. The fourth-order valence-corrected chi connectivity index (χ4v) is 3.92. The fraction of sp³-hybridized carbons (Fsp3) is 0.895. The number of Topliss-reactive ketones (excluding diaryl/α,β-unsaturated/α-hetero) is 2. The summed E-state index contributed by atoms with van der Waals surface area (Å²) in [6.07, 6.45) is 1.24. The van der Waals surface area contributed by atoms with Gasteiger partial charge in [-0.2, -0.15) is 0 Å². The molecule has 0 aliphatic carbocycles. The third kappa shape index (κ3) is 18.8. The van der Waals surface area contributed by atoms with Gasteiger partial charge in [0.15, 0.2) is 5.78 Å². The number of carbonyl (C=O) groups is 2. The lowest BCUT2D eigenvalue weighted by Crippen LogP contribution is -2.27. The Kier molecular flexibility index (Phi) is 12.5. The molecule has 0 aromatic carbocycles. The second-order valence-corrected chi connectivity index (χ2v) is 12.3. The van der Waals surface area contributed by atoms with Gasteiger partial charge in [-0.1, -0.05) is 34.6 Å². The monoisotopic (exact) mass is 488 g/mol. The number of hydrogen-bond donors (Lipinski definition) is 4. The summed E-state index contributed by atoms with van der Waals surface area (Å²) >= 11 is 0. The Morgan fingerprint density at radius 2 is 1.39 bits per heavy atom. The average Bonchev–Trinajstić information content (AvgIpc) is 2.54. The van der Waals surface area contributed by atoms with Gasteiger partial charge >= 0.3 is 15.6 Å². The molecule has 0 spiro atoms. The van der Waals surface area contributed by atoms with E-state index in [9.17, 15) is 18.7 Å². The lowest BCUT2D eigenvalue weighted by atomic mass is 9.86. The average molecular weight is 488 g/mol. The van der Waals surface area contributed by atoms with Crippen LogP contribution in [0.5, 0.6) is 0 Å². The van der Waals surface area contributed by atoms with Crippen molar-refractivity contribution in [2.75, 3.05) is 6.61 Å². The first kappa shape index (κ1) is 30.6. The standard InChI is InChI=1S/C19H38O10P2/c1-18(2,3)12-7-9-15(20)8-6-10-16(21)17(29-31(25,26)27)11-13-19(4,5)14-28-30(22,23)24/h17H,6-14H2,1-5H3,(H2,22,23,24)(H2,25,26,27). The summed E-state index contributed by atoms with van der Waals surface area (Å²) in [7, 11) is -9.58. The molecular weight excluding hydrogens is 450 g/mol. The van der Waals surface area contributed by atoms with Crippen LogP contribution in [0.25, 0.3) is 0 Å². The molecular formula is C19H38O10P2. The van der Waals surface area contributed by atoms with Crippen LogP contribution < -0.4 is 0 Å². The van der Waals surface area contributed by atoms with Crippen LogP contribution in [0.1, 0.15) is 86.0 Å². The highest BCUT2D eigenvalue weighted by Crippen LogP contribution is 2.41. The van der Waals surface area contributed by atoms with Crippen LogP contribution in [0.2, 0.25) is 0 Å². The molecule has 0 aromatic rings. The van der Waals surface area contributed by atoms with Crippen molar-refractivity contribution >= 4 is 27.2 Å². The highest BCUT2D eigenvalue weighted by Gasteiger charge is 2.31. The Labute approximate surface area is 184 Å². The van der Waals surface area contributed by atoms with E-state index in [2.05, 4.69) is 29.8 Å². The zero-order valence-corrected chi connectivity index (χ0v) is 20.9. The molecule has 1 unspecified atom stereocenters. The molecule has 12 heteroatoms. The molecule has 0 saturated heterocycles. The van der Waals surface area contributed by atoms with Crippen LogP contribution in [0.3, 0.4) is 0 Å². The number of ketones is 2. The molecule has 0 aromatic heterocycles. The summed E-state index contributed by atoms with van der Waals surface area (Å²) in [6.45, 7) is 9.25. The van der Waals surface area contributed by atoms with Crippen molar-refractivity contribution in [2.45, 2.75) is 92.1 Å². The van der Waals surface area contributed by atoms with Gasteiger partial charge in [-0.3, -0.25) is 18.6 Å². The molecule has 0 amide bonds. The minimum atomic E-state index is -4.93. The highest BCUT2D eigenvalue weighted by atomic mass is 31.2. The van der Waals surface area contributed by atoms with Gasteiger partial charge in [0.2, 0.25) is 0 Å². The van der Waals surface area contributed by atoms with Crippen molar-refractivity contribution in [2.24, 2.45) is 10.8 Å². The first-order valence-electron chi connectivity index (χ1n) is 10.3. The molecule has 31 heavy (non-hydrogen) atoms. The lowest BCUT2D eigenvalue weighted by Gasteiger charge is -2.26. The van der Waals surface area contributed by atoms with E-state index in [-0.39, 0.29) is 49.9 Å². The van der Waals surface area contributed by atoms with Crippen LogP contribution in [0, 0.1) is 10.8 Å². The Morgan fingerprint density at radius 3 is 1.87 bits per heavy atom. The minimum Gasteiger partial charge on any atom is -0.303 e. The van der Waals surface area contributed by atoms with E-state index in [0.29, 0.717) is 6.42 Å². The van der Waals surface area contributed by atoms with Gasteiger partial charge in [0.05, 0.1) is 6.61 Å². The molecule has 0 bridgehead atoms. The van der Waals surface area contributed by atoms with Gasteiger partial charge < -0.3 is 19.6 Å². The molecule has 10 nitrogen and oxygen atoms in total. The van der Waals surface area contributed by atoms with Crippen molar-refractivity contribution in [3.8, 4) is 0 Å². The second-order valence-electron chi connectivity index (χ2n) is 9.82. The Morgan fingerprint density at radius 1 is 0.839 bits per heavy atom. The zero-order chi connectivity index (χ0) is 24.5. The number of rotatable bonds is 16. The van der Waals surface area contributed by atoms with Crippen LogP contribution >= 0.6 is 15.6 Å². The molecule has 0 aliphatic heterocycles. The topological polar surface area (TPSA) is 168 Å². The SMILES string of the molecule is CC(C)(C)CCCC(=O)CCCC(=O)C(CCC(C)(C)COP(=O)(O)O)OP(=O)(O)O. The van der Waals surface area contributed by atoms with Crippen molar-refractivity contribution < 1.29 is 47.3 Å². The summed E-state index contributed by atoms with van der Waals surface area (Å²) in [5, 5.41) is 0. The van der Waals surface area contributed by atoms with E-state index in [0.717, 1.165) is 12.8 Å². The Hall–Kier alpha value is -0.440. The van der Waals surface area contributed by atoms with E-state index < -0.39 is 32.9 Å². The summed E-state index contributed by atoms with van der Waals surface area (Å²) < 4.78 is 31.2. The normalized spacial score (nSPS) is 14.5. The minimum absolute atomic E-state index is 0.0419. The number of hydrogen-bond acceptors (Lipinski definition) is 6. The molecule has 0 radical (unpaired) electrons. The van der Waals surface area contributed by atoms with Crippen LogP contribution in [0.15, 0.2) is 0 Å². The van der Waals surface area contributed by atoms with Gasteiger partial charge in [0.1, 0.15) is 11.9 Å². The number of phosphoric ester groups is 2. The maximum absolute atomic E-state index is 12.4. The molecule has 4 N–H and O–H groups in total. The molecule has 0 heterocycles. The molecule has 0 rings (SSSR count). The zero-order valence-electron chi connectivity index (χ0n) is 19.1. The van der Waals surface area contributed by atoms with Gasteiger partial charge in [-0.15, -0.1) is 0 Å². The first-order valence-corrected chi connectivity index (χ1v) is 13.3. The second kappa shape index (κ2) is 12.7. The number of phosphoric acid groups is 2. The van der Waals surface area contributed by atoms with Crippen molar-refractivity contribution in [3.05, 3.63) is 0 Å². The third-order valence-electron chi connectivity index (χ3n) is 4.59. The number of carbonyl (C=O) groups excluding carboxylic acids is 2. The van der Waals surface area contributed by atoms with Crippen LogP contribution in [-0.2, 0) is 27.8 Å². The predicted molar refractivity (Wildman–Crippen MR) is 115 cm³/mol. The van der Waals surface area contributed by atoms with E-state index in [1.165, 1.54) is 0 Å². The van der Waals surface area contributed by atoms with Gasteiger partial charge in [0, 0.05) is 19.3 Å². The van der Waals surface area contributed by atoms with Crippen molar-refractivity contribution in [3.63, 3.8) is 0 Å². The van der Waals surface area contributed by atoms with Gasteiger partial charge in [0.25, 0.3) is 0 Å². The molecule has 1 atom stereocenters. The Balaban J connectivity index is 4.67. The van der Waals surface area contributed by atoms with Crippen molar-refractivity contribution in [1.82, 2.24) is 0 Å². The molecule has 0 saturated carbocycles. The Bertz CT molecular complexity index is 672. The van der Waals surface area contributed by atoms with E-state index in [1.54, 1.807) is 13.8 Å². The summed E-state index contributed by atoms with van der Waals surface area (Å²) in [5.74, 6) is -0.488. The predicted octanol–water partition coefficient (Wildman–Crippen LogP) is 3.90. The first-order chi connectivity index (χ1) is 13.8. The van der Waals surface area contributed by atoms with Crippen LogP contribution in [-0.4, -0.2) is 43.9 Å².